The zero-order valence-corrected chi connectivity index (χ0v) is 30.7. The Morgan fingerprint density at radius 2 is 1.81 bits per heavy atom. The van der Waals surface area contributed by atoms with Crippen molar-refractivity contribution in [1.29, 1.82) is 0 Å². The van der Waals surface area contributed by atoms with E-state index in [1.54, 1.807) is 19.9 Å². The second kappa shape index (κ2) is 20.9. The van der Waals surface area contributed by atoms with Crippen molar-refractivity contribution in [1.82, 2.24) is 4.98 Å². The van der Waals surface area contributed by atoms with Gasteiger partial charge < -0.3 is 37.2 Å². The minimum atomic E-state index is -4.77. The van der Waals surface area contributed by atoms with Crippen molar-refractivity contribution in [3.05, 3.63) is 77.0 Å². The zero-order valence-electron chi connectivity index (χ0n) is 26.8. The number of aromatic nitrogens is 1. The van der Waals surface area contributed by atoms with Gasteiger partial charge in [0.15, 0.2) is 0 Å². The van der Waals surface area contributed by atoms with Gasteiger partial charge in [0.2, 0.25) is 5.88 Å². The number of nitrogen functional groups attached to an aromatic ring is 1. The molecule has 0 aliphatic carbocycles. The molecule has 0 aliphatic rings. The number of nitrogens with zero attached hydrogens (tertiary/aromatic N) is 2. The van der Waals surface area contributed by atoms with Gasteiger partial charge >= 0.3 is 57.6 Å². The van der Waals surface area contributed by atoms with E-state index in [4.69, 9.17) is 22.1 Å². The van der Waals surface area contributed by atoms with Crippen LogP contribution in [0.5, 0.6) is 0 Å². The maximum Gasteiger partial charge on any atom is 1.00 e. The van der Waals surface area contributed by atoms with E-state index in [2.05, 4.69) is 37.2 Å². The van der Waals surface area contributed by atoms with E-state index in [0.717, 1.165) is 31.7 Å². The Kier molecular flexibility index (Phi) is 21.5. The average molecular weight is 638 g/mol. The molecule has 10 heteroatoms. The standard InChI is InChI=1S/C23H26ClF4N3O.C7H13.C2H6.K/c1-7-8-9-16(32-6)30-14(5)17-12(3)20(24)18(21(25)13(17)4)22-19(23(26,27)28)11(2)10-15(29)31-22;1-4-5-6-7(2)3;1-2;/h9-10H,7-8H2,1-6H3,(H2,29,31);5,7H,1-2,4,6H2,3H3;1-2H3;/q;-3;;+1/b16-9-,30-14-;;;. The number of halogens is 5. The summed E-state index contributed by atoms with van der Waals surface area (Å²) in [5.74, 6) is -0.161. The van der Waals surface area contributed by atoms with Crippen LogP contribution in [0, 0.1) is 52.8 Å². The number of allylic oxidation sites excluding steroid dienone is 1. The monoisotopic (exact) mass is 637 g/mol. The molecule has 2 N–H and O–H groups in total. The van der Waals surface area contributed by atoms with Gasteiger partial charge in [0, 0.05) is 11.3 Å². The summed E-state index contributed by atoms with van der Waals surface area (Å²) in [6.45, 7) is 21.6. The van der Waals surface area contributed by atoms with E-state index in [-0.39, 0.29) is 73.4 Å². The third-order valence-corrected chi connectivity index (χ3v) is 6.31. The third kappa shape index (κ3) is 12.6. The Hall–Kier alpha value is -0.974. The van der Waals surface area contributed by atoms with Crippen LogP contribution in [0.3, 0.4) is 0 Å². The maximum absolute atomic E-state index is 15.6. The van der Waals surface area contributed by atoms with Crippen molar-refractivity contribution in [2.75, 3.05) is 12.8 Å². The number of nitrogens with two attached hydrogens (primary N) is 1. The minimum Gasteiger partial charge on any atom is -0.481 e. The largest absolute Gasteiger partial charge is 1.00 e. The molecule has 0 saturated carbocycles. The Bertz CT molecular complexity index is 1170. The molecule has 0 radical (unpaired) electrons. The average Bonchev–Trinajstić information content (AvgIpc) is 2.89. The molecule has 2 aromatic rings. The van der Waals surface area contributed by atoms with E-state index < -0.39 is 28.8 Å². The normalized spacial score (nSPS) is 12.4. The topological polar surface area (TPSA) is 60.5 Å². The van der Waals surface area contributed by atoms with E-state index in [1.807, 2.05) is 20.8 Å². The number of benzene rings is 1. The molecule has 0 amide bonds. The number of anilines is 1. The van der Waals surface area contributed by atoms with Gasteiger partial charge in [-0.05, 0) is 62.9 Å². The summed E-state index contributed by atoms with van der Waals surface area (Å²) in [4.78, 5) is 8.23. The van der Waals surface area contributed by atoms with Gasteiger partial charge in [0.25, 0.3) is 0 Å². The molecule has 0 bridgehead atoms. The van der Waals surface area contributed by atoms with Crippen LogP contribution in [0.15, 0.2) is 23.0 Å². The third-order valence-electron chi connectivity index (χ3n) is 5.83. The van der Waals surface area contributed by atoms with Gasteiger partial charge in [0.05, 0.1) is 29.0 Å². The van der Waals surface area contributed by atoms with Crippen LogP contribution in [0.25, 0.3) is 11.3 Å². The molecule has 0 saturated heterocycles. The van der Waals surface area contributed by atoms with Crippen LogP contribution in [0.1, 0.15) is 88.1 Å². The molecule has 4 nitrogen and oxygen atoms in total. The molecule has 42 heavy (non-hydrogen) atoms. The Morgan fingerprint density at radius 1 is 1.24 bits per heavy atom. The second-order valence-corrected chi connectivity index (χ2v) is 9.74. The summed E-state index contributed by atoms with van der Waals surface area (Å²) >= 11 is 6.45. The number of aliphatic imine (C=N–C) groups is 1. The molecule has 232 valence electrons. The van der Waals surface area contributed by atoms with Crippen LogP contribution >= 0.6 is 11.6 Å². The van der Waals surface area contributed by atoms with E-state index in [1.165, 1.54) is 21.0 Å². The van der Waals surface area contributed by atoms with Crippen molar-refractivity contribution in [2.45, 2.75) is 87.2 Å². The molecule has 0 spiro atoms. The molecule has 1 unspecified atom stereocenters. The predicted molar refractivity (Wildman–Crippen MR) is 165 cm³/mol. The van der Waals surface area contributed by atoms with Crippen LogP contribution in [0.2, 0.25) is 5.02 Å². The quantitative estimate of drug-likeness (QED) is 0.102. The first-order chi connectivity index (χ1) is 19.1. The first-order valence-corrected chi connectivity index (χ1v) is 14.1. The van der Waals surface area contributed by atoms with Crippen LogP contribution < -0.4 is 57.1 Å². The van der Waals surface area contributed by atoms with Crippen molar-refractivity contribution in [2.24, 2.45) is 10.9 Å². The van der Waals surface area contributed by atoms with Crippen molar-refractivity contribution in [3.63, 3.8) is 0 Å². The molecule has 1 aromatic heterocycles. The summed E-state index contributed by atoms with van der Waals surface area (Å²) in [5, 5.41) is -0.183. The number of hydrogen-bond acceptors (Lipinski definition) is 4. The van der Waals surface area contributed by atoms with Gasteiger partial charge in [-0.3, -0.25) is 0 Å². The molecule has 1 heterocycles. The molecular weight excluding hydrogens is 593 g/mol. The number of aryl methyl sites for hydroxylation is 1. The summed E-state index contributed by atoms with van der Waals surface area (Å²) in [6.07, 6.45) is 2.84. The summed E-state index contributed by atoms with van der Waals surface area (Å²) in [5.41, 5.74) is 4.67. The van der Waals surface area contributed by atoms with E-state index in [9.17, 15) is 13.2 Å². The number of rotatable bonds is 9. The fraction of sp³-hybridized carbons (Fsp3) is 0.469. The second-order valence-electron chi connectivity index (χ2n) is 9.36. The zero-order chi connectivity index (χ0) is 32.1. The van der Waals surface area contributed by atoms with Gasteiger partial charge in [-0.2, -0.15) is 13.2 Å². The number of methoxy groups -OCH3 is 1. The van der Waals surface area contributed by atoms with Gasteiger partial charge in [-0.15, -0.1) is 0 Å². The summed E-state index contributed by atoms with van der Waals surface area (Å²) in [7, 11) is 1.47. The number of alkyl halides is 3. The van der Waals surface area contributed by atoms with Crippen molar-refractivity contribution >= 4 is 23.1 Å². The number of hydrogen-bond donors (Lipinski definition) is 1. The molecule has 1 aromatic carbocycles. The minimum absolute atomic E-state index is 0. The molecule has 1 atom stereocenters. The Labute approximate surface area is 298 Å². The predicted octanol–water partition coefficient (Wildman–Crippen LogP) is 7.47. The van der Waals surface area contributed by atoms with Crippen molar-refractivity contribution < 1.29 is 73.7 Å². The smallest absolute Gasteiger partial charge is 0.481 e. The Morgan fingerprint density at radius 3 is 2.24 bits per heavy atom. The fourth-order valence-electron chi connectivity index (χ4n) is 4.03. The van der Waals surface area contributed by atoms with Crippen LogP contribution in [-0.4, -0.2) is 17.8 Å². The van der Waals surface area contributed by atoms with Gasteiger partial charge in [0.1, 0.15) is 11.6 Å². The molecule has 0 fully saturated rings. The van der Waals surface area contributed by atoms with Gasteiger partial charge in [-0.1, -0.05) is 45.7 Å². The number of pyridine rings is 1. The Balaban J connectivity index is 0. The first kappa shape index (κ1) is 43.2. The van der Waals surface area contributed by atoms with Crippen LogP contribution in [0.4, 0.5) is 23.4 Å². The fourth-order valence-corrected chi connectivity index (χ4v) is 4.29. The maximum atomic E-state index is 15.6. The van der Waals surface area contributed by atoms with Crippen molar-refractivity contribution in [3.8, 4) is 11.3 Å². The van der Waals surface area contributed by atoms with Crippen LogP contribution in [-0.2, 0) is 10.9 Å². The molecule has 0 aliphatic heterocycles. The summed E-state index contributed by atoms with van der Waals surface area (Å²) < 4.78 is 62.2. The van der Waals surface area contributed by atoms with E-state index >= 15 is 4.39 Å². The summed E-state index contributed by atoms with van der Waals surface area (Å²) in [6, 6.07) is 1.10. The SMILES string of the molecule is CC.CCC/C=C(/N=C(/C)c1c(C)c(F)c(-c2nc(N)cc(C)c2C(F)(F)F)c(Cl)c1C)OC.[CH2-]C[CH-]CC([CH2-])C.[K+]. The van der Waals surface area contributed by atoms with Gasteiger partial charge in [-0.25, -0.2) is 26.7 Å². The number of ether oxygens (including phenoxy) is 1. The number of unbranched alkanes of at least 4 members (excludes halogenated alkanes) is 2. The molecule has 2 rings (SSSR count). The van der Waals surface area contributed by atoms with E-state index in [0.29, 0.717) is 28.6 Å². The first-order valence-electron chi connectivity index (χ1n) is 13.7. The molecular formula is C32H45ClF4KN3O-2.